The van der Waals surface area contributed by atoms with Gasteiger partial charge in [-0.3, -0.25) is 9.78 Å². The molecule has 0 unspecified atom stereocenters. The van der Waals surface area contributed by atoms with Gasteiger partial charge in [0.1, 0.15) is 0 Å². The van der Waals surface area contributed by atoms with Crippen LogP contribution in [-0.2, 0) is 17.6 Å². The number of aromatic nitrogens is 3. The summed E-state index contributed by atoms with van der Waals surface area (Å²) in [5.41, 5.74) is 7.12. The van der Waals surface area contributed by atoms with Crippen LogP contribution in [0.5, 0.6) is 0 Å². The predicted octanol–water partition coefficient (Wildman–Crippen LogP) is 3.59. The van der Waals surface area contributed by atoms with Crippen LogP contribution in [0.1, 0.15) is 35.9 Å². The van der Waals surface area contributed by atoms with Crippen LogP contribution < -0.4 is 0 Å². The maximum atomic E-state index is 11.1. The van der Waals surface area contributed by atoms with Crippen LogP contribution in [0.25, 0.3) is 16.6 Å². The zero-order chi connectivity index (χ0) is 17.3. The summed E-state index contributed by atoms with van der Waals surface area (Å²) >= 11 is 0. The summed E-state index contributed by atoms with van der Waals surface area (Å²) in [6.07, 6.45) is 5.10. The highest BCUT2D eigenvalue weighted by Crippen LogP contribution is 2.32. The Kier molecular flexibility index (Phi) is 4.34. The first kappa shape index (κ1) is 16.2. The number of rotatable bonds is 5. The number of fused-ring (bicyclic) bond motifs is 1. The third-order valence-corrected chi connectivity index (χ3v) is 4.29. The molecule has 0 fully saturated rings. The topological polar surface area (TPSA) is 67.5 Å². The average molecular weight is 323 g/mol. The maximum Gasteiger partial charge on any atom is 0.303 e. The van der Waals surface area contributed by atoms with Gasteiger partial charge in [-0.1, -0.05) is 6.92 Å². The van der Waals surface area contributed by atoms with Gasteiger partial charge in [0, 0.05) is 35.6 Å². The molecular weight excluding hydrogens is 302 g/mol. The van der Waals surface area contributed by atoms with Crippen LogP contribution in [-0.4, -0.2) is 25.7 Å². The molecule has 0 saturated heterocycles. The van der Waals surface area contributed by atoms with E-state index in [-0.39, 0.29) is 6.42 Å². The number of hydrogen-bond donors (Lipinski definition) is 1. The van der Waals surface area contributed by atoms with Crippen molar-refractivity contribution in [3.63, 3.8) is 0 Å². The molecule has 5 heteroatoms. The van der Waals surface area contributed by atoms with Gasteiger partial charge >= 0.3 is 5.97 Å². The molecule has 3 heterocycles. The SMILES string of the molecule is CCc1ccc2c(-c3cncc(C)c3)c(CCC(=O)O)c(C)nn12. The fraction of sp³-hybridized carbons (Fsp3) is 0.316. The summed E-state index contributed by atoms with van der Waals surface area (Å²) in [4.78, 5) is 15.4. The fourth-order valence-corrected chi connectivity index (χ4v) is 3.14. The molecule has 24 heavy (non-hydrogen) atoms. The molecular formula is C19H21N3O2. The normalized spacial score (nSPS) is 11.1. The van der Waals surface area contributed by atoms with Gasteiger partial charge in [-0.15, -0.1) is 0 Å². The van der Waals surface area contributed by atoms with Crippen molar-refractivity contribution in [3.05, 3.63) is 53.1 Å². The first-order chi connectivity index (χ1) is 11.5. The van der Waals surface area contributed by atoms with Crippen molar-refractivity contribution in [2.45, 2.75) is 40.0 Å². The second-order valence-corrected chi connectivity index (χ2v) is 6.06. The van der Waals surface area contributed by atoms with E-state index in [2.05, 4.69) is 30.1 Å². The highest BCUT2D eigenvalue weighted by molar-refractivity contribution is 5.84. The third-order valence-electron chi connectivity index (χ3n) is 4.29. The molecule has 0 aliphatic carbocycles. The van der Waals surface area contributed by atoms with E-state index in [1.165, 1.54) is 0 Å². The minimum absolute atomic E-state index is 0.0896. The zero-order valence-corrected chi connectivity index (χ0v) is 14.2. The van der Waals surface area contributed by atoms with Crippen LogP contribution in [0.4, 0.5) is 0 Å². The Morgan fingerprint density at radius 1 is 1.25 bits per heavy atom. The van der Waals surface area contributed by atoms with Crippen molar-refractivity contribution in [1.29, 1.82) is 0 Å². The molecule has 0 atom stereocenters. The fourth-order valence-electron chi connectivity index (χ4n) is 3.14. The van der Waals surface area contributed by atoms with Crippen LogP contribution >= 0.6 is 0 Å². The van der Waals surface area contributed by atoms with Crippen molar-refractivity contribution in [3.8, 4) is 11.1 Å². The molecule has 0 saturated carbocycles. The number of carboxylic acid groups (broad SMARTS) is 1. The molecule has 0 bridgehead atoms. The Bertz CT molecular complexity index is 912. The quantitative estimate of drug-likeness (QED) is 0.779. The summed E-state index contributed by atoms with van der Waals surface area (Å²) in [7, 11) is 0. The summed E-state index contributed by atoms with van der Waals surface area (Å²) < 4.78 is 1.97. The number of carboxylic acids is 1. The van der Waals surface area contributed by atoms with Crippen molar-refractivity contribution >= 4 is 11.5 Å². The van der Waals surface area contributed by atoms with Crippen molar-refractivity contribution in [2.75, 3.05) is 0 Å². The number of hydrogen-bond acceptors (Lipinski definition) is 3. The first-order valence-electron chi connectivity index (χ1n) is 8.15. The predicted molar refractivity (Wildman–Crippen MR) is 93.2 cm³/mol. The van der Waals surface area contributed by atoms with Gasteiger partial charge < -0.3 is 5.11 Å². The Morgan fingerprint density at radius 3 is 2.71 bits per heavy atom. The minimum Gasteiger partial charge on any atom is -0.481 e. The molecule has 3 rings (SSSR count). The number of pyridine rings is 1. The van der Waals surface area contributed by atoms with Crippen molar-refractivity contribution in [1.82, 2.24) is 14.6 Å². The summed E-state index contributed by atoms with van der Waals surface area (Å²) in [6.45, 7) is 6.06. The van der Waals surface area contributed by atoms with Crippen LogP contribution in [0.2, 0.25) is 0 Å². The van der Waals surface area contributed by atoms with E-state index >= 15 is 0 Å². The summed E-state index contributed by atoms with van der Waals surface area (Å²) in [6, 6.07) is 6.23. The zero-order valence-electron chi connectivity index (χ0n) is 14.2. The van der Waals surface area contributed by atoms with Crippen molar-refractivity contribution < 1.29 is 9.90 Å². The second kappa shape index (κ2) is 6.43. The molecule has 0 spiro atoms. The van der Waals surface area contributed by atoms with Gasteiger partial charge in [-0.05, 0) is 56.0 Å². The maximum absolute atomic E-state index is 11.1. The second-order valence-electron chi connectivity index (χ2n) is 6.06. The molecule has 3 aromatic heterocycles. The lowest BCUT2D eigenvalue weighted by Crippen LogP contribution is -2.08. The van der Waals surface area contributed by atoms with Crippen LogP contribution in [0.3, 0.4) is 0 Å². The first-order valence-corrected chi connectivity index (χ1v) is 8.15. The Balaban J connectivity index is 2.30. The lowest BCUT2D eigenvalue weighted by atomic mass is 9.96. The molecule has 1 N–H and O–H groups in total. The monoisotopic (exact) mass is 323 g/mol. The van der Waals surface area contributed by atoms with Gasteiger partial charge in [0.15, 0.2) is 0 Å². The Hall–Kier alpha value is -2.69. The number of aliphatic carboxylic acids is 1. The molecule has 3 aromatic rings. The van der Waals surface area contributed by atoms with Gasteiger partial charge in [0.25, 0.3) is 0 Å². The summed E-state index contributed by atoms with van der Waals surface area (Å²) in [5.74, 6) is -0.799. The highest BCUT2D eigenvalue weighted by Gasteiger charge is 2.17. The molecule has 124 valence electrons. The lowest BCUT2D eigenvalue weighted by Gasteiger charge is -2.15. The Labute approximate surface area is 141 Å². The number of aryl methyl sites for hydroxylation is 3. The van der Waals surface area contributed by atoms with E-state index in [1.807, 2.05) is 30.8 Å². The van der Waals surface area contributed by atoms with E-state index in [0.717, 1.165) is 45.6 Å². The van der Waals surface area contributed by atoms with Crippen LogP contribution in [0, 0.1) is 13.8 Å². The molecule has 0 aliphatic rings. The molecule has 0 amide bonds. The smallest absolute Gasteiger partial charge is 0.303 e. The molecule has 0 radical (unpaired) electrons. The average Bonchev–Trinajstić information content (AvgIpc) is 2.94. The summed E-state index contributed by atoms with van der Waals surface area (Å²) in [5, 5.41) is 13.8. The number of nitrogens with zero attached hydrogens (tertiary/aromatic N) is 3. The van der Waals surface area contributed by atoms with E-state index in [0.29, 0.717) is 6.42 Å². The van der Waals surface area contributed by atoms with Gasteiger partial charge in [0.2, 0.25) is 0 Å². The van der Waals surface area contributed by atoms with E-state index in [4.69, 9.17) is 10.2 Å². The van der Waals surface area contributed by atoms with E-state index in [9.17, 15) is 4.79 Å². The lowest BCUT2D eigenvalue weighted by molar-refractivity contribution is -0.136. The van der Waals surface area contributed by atoms with Gasteiger partial charge in [-0.25, -0.2) is 4.52 Å². The molecule has 5 nitrogen and oxygen atoms in total. The van der Waals surface area contributed by atoms with Crippen LogP contribution in [0.15, 0.2) is 30.6 Å². The Morgan fingerprint density at radius 2 is 2.04 bits per heavy atom. The highest BCUT2D eigenvalue weighted by atomic mass is 16.4. The minimum atomic E-state index is -0.799. The third kappa shape index (κ3) is 2.89. The largest absolute Gasteiger partial charge is 0.481 e. The molecule has 0 aromatic carbocycles. The van der Waals surface area contributed by atoms with Gasteiger partial charge in [-0.2, -0.15) is 5.10 Å². The molecule has 0 aliphatic heterocycles. The van der Waals surface area contributed by atoms with E-state index < -0.39 is 5.97 Å². The van der Waals surface area contributed by atoms with E-state index in [1.54, 1.807) is 0 Å². The number of carbonyl (C=O) groups is 1. The van der Waals surface area contributed by atoms with Crippen molar-refractivity contribution in [2.24, 2.45) is 0 Å². The van der Waals surface area contributed by atoms with Gasteiger partial charge in [0.05, 0.1) is 11.2 Å². The standard InChI is InChI=1S/C19H21N3O2/c1-4-15-5-7-17-19(14-9-12(2)10-20-11-14)16(6-8-18(23)24)13(3)21-22(15)17/h5,7,9-11H,4,6,8H2,1-3H3,(H,23,24).